The number of thioether (sulfide) groups is 1. The van der Waals surface area contributed by atoms with Gasteiger partial charge in [-0.15, -0.1) is 0 Å². The number of nitriles is 1. The van der Waals surface area contributed by atoms with Gasteiger partial charge in [-0.2, -0.15) is 18.4 Å². The second kappa shape index (κ2) is 4.36. The number of carbonyl (C=O) groups is 1. The van der Waals surface area contributed by atoms with Crippen LogP contribution in [0, 0.1) is 11.3 Å². The fourth-order valence-electron chi connectivity index (χ4n) is 0.873. The Morgan fingerprint density at radius 2 is 1.80 bits per heavy atom. The quantitative estimate of drug-likeness (QED) is 0.446. The van der Waals surface area contributed by atoms with Crippen molar-refractivity contribution in [3.63, 3.8) is 0 Å². The van der Waals surface area contributed by atoms with E-state index < -0.39 is 11.3 Å². The van der Waals surface area contributed by atoms with Gasteiger partial charge in [-0.25, -0.2) is 0 Å². The number of ketones is 1. The van der Waals surface area contributed by atoms with Crippen LogP contribution in [-0.2, 0) is 0 Å². The molecule has 1 rings (SSSR count). The van der Waals surface area contributed by atoms with E-state index in [4.69, 9.17) is 5.26 Å². The minimum absolute atomic E-state index is 0.0167. The molecule has 0 saturated heterocycles. The van der Waals surface area contributed by atoms with E-state index in [1.165, 1.54) is 18.2 Å². The summed E-state index contributed by atoms with van der Waals surface area (Å²) >= 11 is -0.265. The van der Waals surface area contributed by atoms with Gasteiger partial charge in [0.15, 0.2) is 0 Å². The topological polar surface area (TPSA) is 40.9 Å². The molecule has 1 aromatic rings. The van der Waals surface area contributed by atoms with Crippen LogP contribution in [0.2, 0.25) is 0 Å². The average molecular weight is 231 g/mol. The number of benzene rings is 1. The molecular formula is C9H4F3NOS. The van der Waals surface area contributed by atoms with E-state index >= 15 is 0 Å². The Morgan fingerprint density at radius 3 is 2.20 bits per heavy atom. The van der Waals surface area contributed by atoms with E-state index in [-0.39, 0.29) is 22.2 Å². The van der Waals surface area contributed by atoms with Crippen molar-refractivity contribution in [2.24, 2.45) is 0 Å². The molecule has 0 bridgehead atoms. The Kier molecular flexibility index (Phi) is 3.37. The Balaban J connectivity index is 2.83. The highest BCUT2D eigenvalue weighted by molar-refractivity contribution is 8.00. The first kappa shape index (κ1) is 11.6. The van der Waals surface area contributed by atoms with Crippen LogP contribution in [0.4, 0.5) is 13.2 Å². The number of halogens is 3. The zero-order valence-electron chi connectivity index (χ0n) is 7.21. The number of rotatable bonds is 2. The summed E-state index contributed by atoms with van der Waals surface area (Å²) in [5, 5.41) is 8.26. The highest BCUT2D eigenvalue weighted by atomic mass is 32.2. The molecule has 15 heavy (non-hydrogen) atoms. The van der Waals surface area contributed by atoms with Crippen LogP contribution < -0.4 is 0 Å². The fourth-order valence-corrected chi connectivity index (χ4v) is 1.41. The van der Waals surface area contributed by atoms with Crippen molar-refractivity contribution < 1.29 is 18.0 Å². The Bertz CT molecular complexity index is 405. The predicted octanol–water partition coefficient (Wildman–Crippen LogP) is 3.00. The van der Waals surface area contributed by atoms with E-state index in [2.05, 4.69) is 0 Å². The first-order chi connectivity index (χ1) is 6.92. The lowest BCUT2D eigenvalue weighted by molar-refractivity contribution is -0.0328. The summed E-state index contributed by atoms with van der Waals surface area (Å²) in [7, 11) is 0. The first-order valence-electron chi connectivity index (χ1n) is 3.72. The van der Waals surface area contributed by atoms with E-state index in [1.807, 2.05) is 0 Å². The van der Waals surface area contributed by atoms with Gasteiger partial charge in [0.1, 0.15) is 6.07 Å². The van der Waals surface area contributed by atoms with Crippen LogP contribution >= 0.6 is 11.8 Å². The lowest BCUT2D eigenvalue weighted by atomic mass is 10.1. The SMILES string of the molecule is N#CC(=O)c1ccc(SC(F)(F)F)cc1. The van der Waals surface area contributed by atoms with E-state index in [1.54, 1.807) is 0 Å². The van der Waals surface area contributed by atoms with Gasteiger partial charge >= 0.3 is 5.51 Å². The zero-order chi connectivity index (χ0) is 11.5. The number of hydrogen-bond acceptors (Lipinski definition) is 3. The molecule has 0 radical (unpaired) electrons. The maximum absolute atomic E-state index is 11.9. The number of alkyl halides is 3. The zero-order valence-corrected chi connectivity index (χ0v) is 8.02. The first-order valence-corrected chi connectivity index (χ1v) is 4.54. The normalized spacial score (nSPS) is 10.8. The predicted molar refractivity (Wildman–Crippen MR) is 48.3 cm³/mol. The molecule has 1 aromatic carbocycles. The molecular weight excluding hydrogens is 227 g/mol. The number of hydrogen-bond donors (Lipinski definition) is 0. The Labute approximate surface area is 87.7 Å². The second-order valence-electron chi connectivity index (χ2n) is 2.51. The van der Waals surface area contributed by atoms with Gasteiger partial charge in [-0.05, 0) is 36.0 Å². The summed E-state index contributed by atoms with van der Waals surface area (Å²) in [5.41, 5.74) is -4.26. The molecule has 0 aliphatic rings. The summed E-state index contributed by atoms with van der Waals surface area (Å²) in [5.74, 6) is -0.765. The largest absolute Gasteiger partial charge is 0.446 e. The summed E-state index contributed by atoms with van der Waals surface area (Å²) in [6.07, 6.45) is 0. The maximum Gasteiger partial charge on any atom is 0.446 e. The van der Waals surface area contributed by atoms with Crippen LogP contribution in [0.3, 0.4) is 0 Å². The molecule has 0 saturated carbocycles. The van der Waals surface area contributed by atoms with Gasteiger partial charge in [0, 0.05) is 10.5 Å². The highest BCUT2D eigenvalue weighted by Gasteiger charge is 2.29. The molecule has 0 heterocycles. The molecule has 0 atom stereocenters. The third-order valence-corrected chi connectivity index (χ3v) is 2.19. The molecule has 0 fully saturated rings. The van der Waals surface area contributed by atoms with Crippen molar-refractivity contribution in [3.05, 3.63) is 29.8 Å². The van der Waals surface area contributed by atoms with Crippen LogP contribution in [0.5, 0.6) is 0 Å². The summed E-state index contributed by atoms with van der Waals surface area (Å²) in [6, 6.07) is 6.08. The lowest BCUT2D eigenvalue weighted by Gasteiger charge is -2.04. The number of carbonyl (C=O) groups excluding carboxylic acids is 1. The minimum atomic E-state index is -4.35. The smallest absolute Gasteiger partial charge is 0.277 e. The van der Waals surface area contributed by atoms with Crippen molar-refractivity contribution >= 4 is 17.5 Å². The third-order valence-electron chi connectivity index (χ3n) is 1.45. The van der Waals surface area contributed by atoms with Gasteiger partial charge in [0.25, 0.3) is 5.78 Å². The van der Waals surface area contributed by atoms with Gasteiger partial charge < -0.3 is 0 Å². The molecule has 0 unspecified atom stereocenters. The van der Waals surface area contributed by atoms with Crippen molar-refractivity contribution in [1.82, 2.24) is 0 Å². The lowest BCUT2D eigenvalue weighted by Crippen LogP contribution is -1.99. The molecule has 0 aliphatic carbocycles. The van der Waals surface area contributed by atoms with Crippen molar-refractivity contribution in [2.75, 3.05) is 0 Å². The van der Waals surface area contributed by atoms with E-state index in [9.17, 15) is 18.0 Å². The monoisotopic (exact) mass is 231 g/mol. The Hall–Kier alpha value is -1.48. The Morgan fingerprint density at radius 1 is 1.27 bits per heavy atom. The second-order valence-corrected chi connectivity index (χ2v) is 3.65. The van der Waals surface area contributed by atoms with Gasteiger partial charge in [0.05, 0.1) is 0 Å². The van der Waals surface area contributed by atoms with Crippen molar-refractivity contribution in [1.29, 1.82) is 5.26 Å². The molecule has 0 spiro atoms. The third kappa shape index (κ3) is 3.64. The molecule has 0 aliphatic heterocycles. The van der Waals surface area contributed by atoms with E-state index in [0.29, 0.717) is 0 Å². The van der Waals surface area contributed by atoms with Crippen LogP contribution in [-0.4, -0.2) is 11.3 Å². The molecule has 78 valence electrons. The van der Waals surface area contributed by atoms with Gasteiger partial charge in [-0.1, -0.05) is 0 Å². The van der Waals surface area contributed by atoms with Crippen molar-refractivity contribution in [3.8, 4) is 6.07 Å². The number of Topliss-reactive ketones (excluding diaryl/α,β-unsaturated/α-hetero) is 1. The molecule has 0 amide bonds. The number of nitrogens with zero attached hydrogens (tertiary/aromatic N) is 1. The summed E-state index contributed by atoms with van der Waals surface area (Å²) in [6.45, 7) is 0. The summed E-state index contributed by atoms with van der Waals surface area (Å²) < 4.78 is 35.7. The summed E-state index contributed by atoms with van der Waals surface area (Å²) in [4.78, 5) is 10.8. The molecule has 0 N–H and O–H groups in total. The standard InChI is InChI=1S/C9H4F3NOS/c10-9(11,12)15-7-3-1-6(2-4-7)8(14)5-13/h1-4H. The van der Waals surface area contributed by atoms with Gasteiger partial charge in [-0.3, -0.25) is 4.79 Å². The van der Waals surface area contributed by atoms with Crippen LogP contribution in [0.1, 0.15) is 10.4 Å². The average Bonchev–Trinajstić information content (AvgIpc) is 2.15. The highest BCUT2D eigenvalue weighted by Crippen LogP contribution is 2.36. The molecule has 0 aromatic heterocycles. The van der Waals surface area contributed by atoms with Crippen molar-refractivity contribution in [2.45, 2.75) is 10.4 Å². The molecule has 6 heteroatoms. The fraction of sp³-hybridized carbons (Fsp3) is 0.111. The van der Waals surface area contributed by atoms with Crippen LogP contribution in [0.25, 0.3) is 0 Å². The van der Waals surface area contributed by atoms with E-state index in [0.717, 1.165) is 12.1 Å². The molecule has 2 nitrogen and oxygen atoms in total. The van der Waals surface area contributed by atoms with Gasteiger partial charge in [0.2, 0.25) is 0 Å². The van der Waals surface area contributed by atoms with Crippen LogP contribution in [0.15, 0.2) is 29.2 Å². The minimum Gasteiger partial charge on any atom is -0.277 e. The maximum atomic E-state index is 11.9.